The number of esters is 1. The predicted molar refractivity (Wildman–Crippen MR) is 196 cm³/mol. The fourth-order valence-electron chi connectivity index (χ4n) is 16.9. The number of benzene rings is 2. The molecule has 9 heterocycles. The van der Waals surface area contributed by atoms with Crippen LogP contribution in [0.5, 0.6) is 5.75 Å². The monoisotopic (exact) mass is 718 g/mol. The van der Waals surface area contributed by atoms with E-state index in [1.165, 1.54) is 23.9 Å². The molecular weight excluding hydrogens is 668 g/mol. The third kappa shape index (κ3) is 3.17. The zero-order valence-corrected chi connectivity index (χ0v) is 30.9. The Labute approximate surface area is 310 Å². The summed E-state index contributed by atoms with van der Waals surface area (Å²) in [7, 11) is 3.33. The lowest BCUT2D eigenvalue weighted by molar-refractivity contribution is -0.219. The number of para-hydroxylation sites is 2. The van der Waals surface area contributed by atoms with Crippen molar-refractivity contribution in [1.82, 2.24) is 9.80 Å². The molecule has 0 amide bonds. The van der Waals surface area contributed by atoms with Gasteiger partial charge in [-0.3, -0.25) is 9.80 Å². The minimum Gasteiger partial charge on any atom is -0.495 e. The van der Waals surface area contributed by atoms with Crippen LogP contribution in [0.1, 0.15) is 62.5 Å². The summed E-state index contributed by atoms with van der Waals surface area (Å²) in [5.74, 6) is 0.683. The van der Waals surface area contributed by atoms with Crippen LogP contribution in [0.25, 0.3) is 0 Å². The molecule has 2 aromatic carbocycles. The fourth-order valence-corrected chi connectivity index (χ4v) is 16.9. The molecule has 10 heteroatoms. The van der Waals surface area contributed by atoms with E-state index in [0.29, 0.717) is 25.5 Å². The number of anilines is 2. The van der Waals surface area contributed by atoms with Crippen LogP contribution in [-0.2, 0) is 29.8 Å². The molecule has 11 aliphatic rings. The Balaban J connectivity index is 1.03. The summed E-state index contributed by atoms with van der Waals surface area (Å²) in [6.07, 6.45) is 7.05. The number of hydrogen-bond donors (Lipinski definition) is 2. The zero-order valence-electron chi connectivity index (χ0n) is 30.9. The summed E-state index contributed by atoms with van der Waals surface area (Å²) >= 11 is 0. The van der Waals surface area contributed by atoms with Crippen LogP contribution in [0.2, 0.25) is 0 Å². The van der Waals surface area contributed by atoms with Gasteiger partial charge in [0.1, 0.15) is 5.75 Å². The van der Waals surface area contributed by atoms with E-state index in [-0.39, 0.29) is 57.3 Å². The van der Waals surface area contributed by atoms with Crippen LogP contribution in [0.15, 0.2) is 53.7 Å². The molecule has 8 fully saturated rings. The molecule has 13 rings (SSSR count). The number of carbonyl (C=O) groups excluding carboxylic acids is 1. The predicted octanol–water partition coefficient (Wildman–Crippen LogP) is 3.96. The molecule has 53 heavy (non-hydrogen) atoms. The lowest BCUT2D eigenvalue weighted by Crippen LogP contribution is -2.81. The summed E-state index contributed by atoms with van der Waals surface area (Å²) in [5, 5.41) is 17.8. The molecule has 0 aromatic heterocycles. The largest absolute Gasteiger partial charge is 0.495 e. The van der Waals surface area contributed by atoms with Crippen molar-refractivity contribution in [2.75, 3.05) is 70.4 Å². The average molecular weight is 719 g/mol. The Morgan fingerprint density at radius 3 is 2.58 bits per heavy atom. The average Bonchev–Trinajstić information content (AvgIpc) is 4.01. The summed E-state index contributed by atoms with van der Waals surface area (Å²) in [4.78, 5) is 22.2. The highest BCUT2D eigenvalue weighted by molar-refractivity contribution is 5.93. The molecule has 0 bridgehead atoms. The van der Waals surface area contributed by atoms with Crippen molar-refractivity contribution in [3.8, 4) is 5.75 Å². The maximum Gasteiger partial charge on any atom is 0.335 e. The lowest BCUT2D eigenvalue weighted by atomic mass is 9.43. The number of ether oxygens (including phenoxy) is 4. The Bertz CT molecular complexity index is 2060. The molecular formula is C43H50N4O6. The SMILES string of the molecule is COC(=O)C1=C2Nc3ccccc3C23CCN2CC4(CN5c6c(OC)cccc6C67CCN8CCC9OCCC9(CC(O)(C4)C56)C87)C4OCCC4(C1)C23. The summed E-state index contributed by atoms with van der Waals surface area (Å²) in [6, 6.07) is 15.9. The first-order chi connectivity index (χ1) is 25.8. The van der Waals surface area contributed by atoms with Crippen LogP contribution in [0.4, 0.5) is 11.4 Å². The van der Waals surface area contributed by atoms with Gasteiger partial charge in [-0.2, -0.15) is 0 Å². The van der Waals surface area contributed by atoms with Gasteiger partial charge in [0.15, 0.2) is 0 Å². The van der Waals surface area contributed by atoms with E-state index >= 15 is 0 Å². The van der Waals surface area contributed by atoms with E-state index in [2.05, 4.69) is 62.5 Å². The molecule has 7 saturated heterocycles. The van der Waals surface area contributed by atoms with E-state index in [1.54, 1.807) is 0 Å². The maximum absolute atomic E-state index is 14.0. The van der Waals surface area contributed by atoms with E-state index in [0.717, 1.165) is 101 Å². The molecule has 5 spiro atoms. The van der Waals surface area contributed by atoms with E-state index in [4.69, 9.17) is 18.9 Å². The van der Waals surface area contributed by atoms with Gasteiger partial charge in [-0.1, -0.05) is 30.3 Å². The van der Waals surface area contributed by atoms with Gasteiger partial charge in [-0.15, -0.1) is 0 Å². The third-order valence-corrected chi connectivity index (χ3v) is 17.5. The van der Waals surface area contributed by atoms with Crippen LogP contribution >= 0.6 is 0 Å². The Morgan fingerprint density at radius 1 is 0.868 bits per heavy atom. The smallest absolute Gasteiger partial charge is 0.335 e. The number of rotatable bonds is 2. The molecule has 9 aliphatic heterocycles. The number of aliphatic hydroxyl groups is 1. The second kappa shape index (κ2) is 9.62. The first kappa shape index (κ1) is 31.1. The van der Waals surface area contributed by atoms with Crippen molar-refractivity contribution in [2.45, 2.75) is 98.1 Å². The van der Waals surface area contributed by atoms with E-state index in [9.17, 15) is 9.90 Å². The standard InChI is InChI=1S/C43H50N4O6/c1-50-29-9-5-7-27-31(29)47-24-38(21-41(49)22-40-14-18-52-30(40)10-15-45-16-12-43(27,35(40)45)36(41)47)23-46-17-11-42-26-6-3-4-8-28(26)44-32(42)25(33(48)51-2)20-39(34(42)46)13-19-53-37(38)39/h3-9,30,34-37,44,49H,10-24H2,1-2H3. The number of methoxy groups -OCH3 is 2. The molecule has 1 saturated carbocycles. The fraction of sp³-hybridized carbons (Fsp3) is 0.651. The topological polar surface area (TPSA) is 96.0 Å². The molecule has 11 atom stereocenters. The number of piperidine rings is 3. The van der Waals surface area contributed by atoms with Gasteiger partial charge < -0.3 is 34.3 Å². The molecule has 2 aromatic rings. The van der Waals surface area contributed by atoms with Gasteiger partial charge in [0.2, 0.25) is 0 Å². The van der Waals surface area contributed by atoms with Crippen molar-refractivity contribution in [3.05, 3.63) is 64.9 Å². The van der Waals surface area contributed by atoms with Crippen molar-refractivity contribution in [1.29, 1.82) is 0 Å². The second-order valence-corrected chi connectivity index (χ2v) is 19.1. The number of nitrogens with one attached hydrogen (secondary N) is 1. The molecule has 10 nitrogen and oxygen atoms in total. The van der Waals surface area contributed by atoms with Crippen molar-refractivity contribution >= 4 is 17.3 Å². The van der Waals surface area contributed by atoms with E-state index in [1.807, 2.05) is 7.11 Å². The maximum atomic E-state index is 14.0. The Morgan fingerprint density at radius 2 is 1.70 bits per heavy atom. The number of nitrogens with zero attached hydrogens (tertiary/aromatic N) is 3. The number of carbonyl (C=O) groups is 1. The first-order valence-electron chi connectivity index (χ1n) is 20.4. The summed E-state index contributed by atoms with van der Waals surface area (Å²) < 4.78 is 25.8. The van der Waals surface area contributed by atoms with Crippen LogP contribution in [-0.4, -0.2) is 117 Å². The minimum atomic E-state index is -0.960. The van der Waals surface area contributed by atoms with Crippen LogP contribution in [0, 0.1) is 16.2 Å². The lowest BCUT2D eigenvalue weighted by Gasteiger charge is -2.70. The third-order valence-electron chi connectivity index (χ3n) is 17.5. The van der Waals surface area contributed by atoms with Gasteiger partial charge in [0.25, 0.3) is 0 Å². The quantitative estimate of drug-likeness (QED) is 0.445. The first-order valence-corrected chi connectivity index (χ1v) is 20.4. The Hall–Kier alpha value is -3.15. The molecule has 2 N–H and O–H groups in total. The second-order valence-electron chi connectivity index (χ2n) is 19.1. The summed E-state index contributed by atoms with van der Waals surface area (Å²) in [5.41, 5.74) is 4.56. The van der Waals surface area contributed by atoms with E-state index < -0.39 is 5.60 Å². The molecule has 11 unspecified atom stereocenters. The zero-order chi connectivity index (χ0) is 35.3. The Kier molecular flexibility index (Phi) is 5.64. The molecule has 0 radical (unpaired) electrons. The highest BCUT2D eigenvalue weighted by Gasteiger charge is 2.82. The molecule has 2 aliphatic carbocycles. The highest BCUT2D eigenvalue weighted by Crippen LogP contribution is 2.75. The van der Waals surface area contributed by atoms with Gasteiger partial charge >= 0.3 is 5.97 Å². The summed E-state index contributed by atoms with van der Waals surface area (Å²) in [6.45, 7) is 6.18. The normalized spacial score (nSPS) is 47.6. The van der Waals surface area contributed by atoms with Gasteiger partial charge in [-0.05, 0) is 87.7 Å². The minimum absolute atomic E-state index is 0.0405. The van der Waals surface area contributed by atoms with Crippen molar-refractivity contribution < 1.29 is 28.8 Å². The van der Waals surface area contributed by atoms with Gasteiger partial charge in [-0.25, -0.2) is 4.79 Å². The van der Waals surface area contributed by atoms with Gasteiger partial charge in [0, 0.05) is 78.0 Å². The highest BCUT2D eigenvalue weighted by atomic mass is 16.5. The number of fused-ring (bicyclic) bond motifs is 4. The van der Waals surface area contributed by atoms with Crippen LogP contribution in [0.3, 0.4) is 0 Å². The number of hydrogen-bond acceptors (Lipinski definition) is 10. The van der Waals surface area contributed by atoms with Crippen LogP contribution < -0.4 is 15.0 Å². The van der Waals surface area contributed by atoms with Gasteiger partial charge in [0.05, 0.1) is 54.7 Å². The van der Waals surface area contributed by atoms with Crippen molar-refractivity contribution in [3.63, 3.8) is 0 Å². The molecule has 278 valence electrons. The van der Waals surface area contributed by atoms with Crippen molar-refractivity contribution in [2.24, 2.45) is 16.2 Å².